The van der Waals surface area contributed by atoms with E-state index < -0.39 is 0 Å². The molecule has 2 amide bonds. The molecule has 35 heavy (non-hydrogen) atoms. The molecule has 1 unspecified atom stereocenters. The Bertz CT molecular complexity index is 1110. The second-order valence-electron chi connectivity index (χ2n) is 9.80. The highest BCUT2D eigenvalue weighted by Crippen LogP contribution is 2.29. The zero-order chi connectivity index (χ0) is 25.5. The van der Waals surface area contributed by atoms with Crippen molar-refractivity contribution in [1.82, 2.24) is 10.2 Å². The van der Waals surface area contributed by atoms with Crippen LogP contribution < -0.4 is 10.2 Å². The number of halogens is 1. The molecule has 0 aliphatic heterocycles. The zero-order valence-corrected chi connectivity index (χ0v) is 21.9. The molecule has 0 saturated carbocycles. The SMILES string of the molecule is [C-]#[N+]c1ccc(C)c(N(CC(=O)NCCCC(C)C)CC(=O)N(C)C2Cc3ccc(Cl)cc3C2)c1. The molecule has 186 valence electrons. The number of nitrogens with one attached hydrogen (secondary N) is 1. The van der Waals surface area contributed by atoms with E-state index in [-0.39, 0.29) is 30.9 Å². The molecule has 6 nitrogen and oxygen atoms in total. The Morgan fingerprint density at radius 3 is 2.60 bits per heavy atom. The maximum Gasteiger partial charge on any atom is 0.242 e. The fourth-order valence-electron chi connectivity index (χ4n) is 4.52. The monoisotopic (exact) mass is 494 g/mol. The summed E-state index contributed by atoms with van der Waals surface area (Å²) >= 11 is 6.15. The van der Waals surface area contributed by atoms with E-state index in [4.69, 9.17) is 18.2 Å². The largest absolute Gasteiger partial charge is 0.355 e. The van der Waals surface area contributed by atoms with E-state index in [9.17, 15) is 9.59 Å². The molecule has 0 fully saturated rings. The van der Waals surface area contributed by atoms with Gasteiger partial charge in [0, 0.05) is 30.3 Å². The van der Waals surface area contributed by atoms with Gasteiger partial charge in [-0.05, 0) is 73.4 Å². The summed E-state index contributed by atoms with van der Waals surface area (Å²) in [7, 11) is 1.83. The maximum atomic E-state index is 13.4. The highest BCUT2D eigenvalue weighted by Gasteiger charge is 2.29. The molecule has 3 rings (SSSR count). The van der Waals surface area contributed by atoms with Gasteiger partial charge in [-0.1, -0.05) is 43.6 Å². The molecule has 0 spiro atoms. The number of carbonyl (C=O) groups is 2. The Hall–Kier alpha value is -3.04. The van der Waals surface area contributed by atoms with Gasteiger partial charge in [-0.25, -0.2) is 4.85 Å². The summed E-state index contributed by atoms with van der Waals surface area (Å²) in [5.74, 6) is 0.405. The summed E-state index contributed by atoms with van der Waals surface area (Å²) in [5.41, 5.74) is 4.54. The van der Waals surface area contributed by atoms with Gasteiger partial charge in [0.2, 0.25) is 11.8 Å². The number of anilines is 1. The van der Waals surface area contributed by atoms with Crippen molar-refractivity contribution >= 4 is 34.8 Å². The van der Waals surface area contributed by atoms with Crippen molar-refractivity contribution < 1.29 is 9.59 Å². The number of fused-ring (bicyclic) bond motifs is 1. The van der Waals surface area contributed by atoms with Crippen LogP contribution in [0.5, 0.6) is 0 Å². The normalized spacial score (nSPS) is 14.4. The fourth-order valence-corrected chi connectivity index (χ4v) is 4.71. The van der Waals surface area contributed by atoms with E-state index in [2.05, 4.69) is 24.0 Å². The van der Waals surface area contributed by atoms with Gasteiger partial charge in [0.15, 0.2) is 5.69 Å². The average molecular weight is 495 g/mol. The summed E-state index contributed by atoms with van der Waals surface area (Å²) in [6.45, 7) is 14.4. The topological polar surface area (TPSA) is 57.0 Å². The molecule has 1 atom stereocenters. The minimum atomic E-state index is -0.125. The summed E-state index contributed by atoms with van der Waals surface area (Å²) in [6, 6.07) is 11.3. The molecule has 1 N–H and O–H groups in total. The Balaban J connectivity index is 1.72. The number of hydrogen-bond donors (Lipinski definition) is 1. The summed E-state index contributed by atoms with van der Waals surface area (Å²) < 4.78 is 0. The van der Waals surface area contributed by atoms with Crippen LogP contribution in [0, 0.1) is 19.4 Å². The van der Waals surface area contributed by atoms with Crippen molar-refractivity contribution in [2.75, 3.05) is 31.6 Å². The van der Waals surface area contributed by atoms with E-state index in [0.29, 0.717) is 23.2 Å². The zero-order valence-electron chi connectivity index (χ0n) is 21.1. The Morgan fingerprint density at radius 1 is 1.14 bits per heavy atom. The molecule has 0 bridgehead atoms. The van der Waals surface area contributed by atoms with E-state index in [0.717, 1.165) is 36.9 Å². The first-order valence-electron chi connectivity index (χ1n) is 12.2. The lowest BCUT2D eigenvalue weighted by atomic mass is 10.1. The molecule has 0 heterocycles. The van der Waals surface area contributed by atoms with Gasteiger partial charge < -0.3 is 15.1 Å². The van der Waals surface area contributed by atoms with Crippen molar-refractivity contribution in [3.8, 4) is 0 Å². The van der Waals surface area contributed by atoms with Crippen LogP contribution in [0.25, 0.3) is 4.85 Å². The Labute approximate surface area is 214 Å². The lowest BCUT2D eigenvalue weighted by Gasteiger charge is -2.30. The molecule has 0 saturated heterocycles. The van der Waals surface area contributed by atoms with Crippen molar-refractivity contribution in [3.05, 3.63) is 69.5 Å². The van der Waals surface area contributed by atoms with Crippen LogP contribution in [0.3, 0.4) is 0 Å². The molecule has 1 aliphatic rings. The van der Waals surface area contributed by atoms with E-state index in [1.54, 1.807) is 21.9 Å². The van der Waals surface area contributed by atoms with Crippen LogP contribution in [-0.4, -0.2) is 49.4 Å². The highest BCUT2D eigenvalue weighted by molar-refractivity contribution is 6.30. The van der Waals surface area contributed by atoms with E-state index in [1.165, 1.54) is 11.1 Å². The lowest BCUT2D eigenvalue weighted by Crippen LogP contribution is -2.47. The second-order valence-corrected chi connectivity index (χ2v) is 10.2. The average Bonchev–Trinajstić information content (AvgIpc) is 3.24. The number of amides is 2. The van der Waals surface area contributed by atoms with Crippen LogP contribution in [0.15, 0.2) is 36.4 Å². The van der Waals surface area contributed by atoms with Crippen LogP contribution >= 0.6 is 11.6 Å². The van der Waals surface area contributed by atoms with E-state index in [1.807, 2.05) is 38.2 Å². The Morgan fingerprint density at radius 2 is 1.89 bits per heavy atom. The van der Waals surface area contributed by atoms with Gasteiger partial charge in [0.1, 0.15) is 0 Å². The first-order valence-corrected chi connectivity index (χ1v) is 12.6. The van der Waals surface area contributed by atoms with Crippen molar-refractivity contribution in [3.63, 3.8) is 0 Å². The molecule has 2 aromatic carbocycles. The van der Waals surface area contributed by atoms with Crippen LogP contribution in [0.4, 0.5) is 11.4 Å². The number of benzene rings is 2. The minimum Gasteiger partial charge on any atom is -0.355 e. The number of carbonyl (C=O) groups excluding carboxylic acids is 2. The Kier molecular flexibility index (Phi) is 9.17. The number of nitrogens with zero attached hydrogens (tertiary/aromatic N) is 3. The standard InChI is InChI=1S/C28H35ClN4O2/c1-19(2)7-6-12-31-27(34)17-33(26-16-24(30-4)11-8-20(26)3)18-28(35)32(5)25-14-21-9-10-23(29)13-22(21)15-25/h8-11,13,16,19,25H,6-7,12,14-15,17-18H2,1-3,5H3,(H,31,34). The third kappa shape index (κ3) is 7.22. The van der Waals surface area contributed by atoms with Gasteiger partial charge in [-0.15, -0.1) is 0 Å². The smallest absolute Gasteiger partial charge is 0.242 e. The first kappa shape index (κ1) is 26.6. The van der Waals surface area contributed by atoms with Crippen LogP contribution in [0.1, 0.15) is 43.4 Å². The molecule has 0 aromatic heterocycles. The van der Waals surface area contributed by atoms with Gasteiger partial charge in [-0.3, -0.25) is 9.59 Å². The number of rotatable bonds is 10. The van der Waals surface area contributed by atoms with Gasteiger partial charge in [0.05, 0.1) is 19.7 Å². The minimum absolute atomic E-state index is 0.0540. The number of likely N-dealkylation sites (N-methyl/N-ethyl adjacent to an activating group) is 1. The number of hydrogen-bond acceptors (Lipinski definition) is 3. The molecular weight excluding hydrogens is 460 g/mol. The van der Waals surface area contributed by atoms with Gasteiger partial charge >= 0.3 is 0 Å². The molecule has 1 aliphatic carbocycles. The predicted molar refractivity (Wildman–Crippen MR) is 142 cm³/mol. The molecule has 7 heteroatoms. The predicted octanol–water partition coefficient (Wildman–Crippen LogP) is 5.18. The summed E-state index contributed by atoms with van der Waals surface area (Å²) in [6.07, 6.45) is 3.52. The molecule has 0 radical (unpaired) electrons. The number of aryl methyl sites for hydroxylation is 1. The summed E-state index contributed by atoms with van der Waals surface area (Å²) in [4.78, 5) is 33.3. The molecule has 2 aromatic rings. The lowest BCUT2D eigenvalue weighted by molar-refractivity contribution is -0.130. The third-order valence-corrected chi connectivity index (χ3v) is 6.86. The summed E-state index contributed by atoms with van der Waals surface area (Å²) in [5, 5.41) is 3.69. The first-order chi connectivity index (χ1) is 16.7. The van der Waals surface area contributed by atoms with Crippen LogP contribution in [0.2, 0.25) is 5.02 Å². The van der Waals surface area contributed by atoms with Crippen LogP contribution in [-0.2, 0) is 22.4 Å². The van der Waals surface area contributed by atoms with Gasteiger partial charge in [-0.2, -0.15) is 0 Å². The maximum absolute atomic E-state index is 13.4. The van der Waals surface area contributed by atoms with Crippen molar-refractivity contribution in [2.24, 2.45) is 5.92 Å². The fraction of sp³-hybridized carbons (Fsp3) is 0.464. The highest BCUT2D eigenvalue weighted by atomic mass is 35.5. The van der Waals surface area contributed by atoms with E-state index >= 15 is 0 Å². The van der Waals surface area contributed by atoms with Crippen molar-refractivity contribution in [2.45, 2.75) is 52.5 Å². The molecular formula is C28H35ClN4O2. The van der Waals surface area contributed by atoms with Gasteiger partial charge in [0.25, 0.3) is 0 Å². The van der Waals surface area contributed by atoms with Crippen molar-refractivity contribution in [1.29, 1.82) is 0 Å². The second kappa shape index (κ2) is 12.1. The quantitative estimate of drug-likeness (QED) is 0.365. The third-order valence-electron chi connectivity index (χ3n) is 6.62.